The van der Waals surface area contributed by atoms with Gasteiger partial charge in [0.15, 0.2) is 8.32 Å². The van der Waals surface area contributed by atoms with Crippen LogP contribution < -0.4 is 0 Å². The van der Waals surface area contributed by atoms with E-state index in [9.17, 15) is 0 Å². The third kappa shape index (κ3) is 2.97. The Labute approximate surface area is 164 Å². The Kier molecular flexibility index (Phi) is 4.96. The van der Waals surface area contributed by atoms with Gasteiger partial charge in [0.2, 0.25) is 0 Å². The summed E-state index contributed by atoms with van der Waals surface area (Å²) in [7, 11) is -1.52. The van der Waals surface area contributed by atoms with Crippen LogP contribution in [-0.4, -0.2) is 14.4 Å². The average Bonchev–Trinajstić information content (AvgIpc) is 2.88. The summed E-state index contributed by atoms with van der Waals surface area (Å²) >= 11 is 0. The van der Waals surface area contributed by atoms with Crippen LogP contribution >= 0.6 is 0 Å². The molecule has 0 heterocycles. The molecule has 0 aromatic carbocycles. The van der Waals surface area contributed by atoms with Gasteiger partial charge in [-0.1, -0.05) is 40.0 Å². The van der Waals surface area contributed by atoms with Gasteiger partial charge in [-0.3, -0.25) is 0 Å². The van der Waals surface area contributed by atoms with E-state index in [0.717, 1.165) is 29.6 Å². The molecule has 150 valence electrons. The lowest BCUT2D eigenvalue weighted by atomic mass is 9.44. The predicted molar refractivity (Wildman–Crippen MR) is 114 cm³/mol. The van der Waals surface area contributed by atoms with Gasteiger partial charge in [0.1, 0.15) is 0 Å². The minimum Gasteiger partial charge on any atom is -0.414 e. The van der Waals surface area contributed by atoms with E-state index in [4.69, 9.17) is 4.43 Å². The van der Waals surface area contributed by atoms with Crippen LogP contribution in [0.4, 0.5) is 0 Å². The standard InChI is InChI=1S/C24H44OSi/c1-7-17-12-14-20-19-13-11-18-10-8-9-15-23(18,2)22(19)21(16-24(17,20)3)25-26(4,5)6/h17-22H,7-16H2,1-6H3/t17-,18-,19?,20?,21-,22?,23-,24+/m1/s1. The molecule has 0 bridgehead atoms. The molecule has 0 spiro atoms. The SMILES string of the molecule is CC[C@@H]1CCC2C3CC[C@H]4CCCC[C@@]4(C)C3[C@H](O[Si](C)(C)C)C[C@]21C. The highest BCUT2D eigenvalue weighted by Crippen LogP contribution is 2.68. The fourth-order valence-corrected chi connectivity index (χ4v) is 9.86. The Hall–Kier alpha value is 0.177. The molecule has 1 nitrogen and oxygen atoms in total. The Bertz CT molecular complexity index is 525. The summed E-state index contributed by atoms with van der Waals surface area (Å²) < 4.78 is 7.07. The smallest absolute Gasteiger partial charge is 0.184 e. The Morgan fingerprint density at radius 1 is 0.923 bits per heavy atom. The quantitative estimate of drug-likeness (QED) is 0.470. The lowest BCUT2D eigenvalue weighted by Gasteiger charge is -2.63. The molecule has 3 unspecified atom stereocenters. The van der Waals surface area contributed by atoms with Crippen molar-refractivity contribution >= 4 is 8.32 Å². The highest BCUT2D eigenvalue weighted by Gasteiger charge is 2.62. The zero-order chi connectivity index (χ0) is 18.7. The van der Waals surface area contributed by atoms with Gasteiger partial charge in [0.05, 0.1) is 0 Å². The molecular weight excluding hydrogens is 332 g/mol. The summed E-state index contributed by atoms with van der Waals surface area (Å²) in [5.41, 5.74) is 1.12. The zero-order valence-electron chi connectivity index (χ0n) is 18.4. The first kappa shape index (κ1) is 19.5. The molecule has 0 amide bonds. The van der Waals surface area contributed by atoms with Gasteiger partial charge >= 0.3 is 0 Å². The maximum atomic E-state index is 7.07. The maximum Gasteiger partial charge on any atom is 0.184 e. The lowest BCUT2D eigenvalue weighted by molar-refractivity contribution is -0.163. The Balaban J connectivity index is 1.72. The molecule has 4 saturated carbocycles. The minimum atomic E-state index is -1.52. The second-order valence-corrected chi connectivity index (χ2v) is 16.4. The van der Waals surface area contributed by atoms with Crippen molar-refractivity contribution in [1.29, 1.82) is 0 Å². The first-order valence-corrected chi connectivity index (χ1v) is 15.3. The van der Waals surface area contributed by atoms with E-state index in [1.165, 1.54) is 64.2 Å². The summed E-state index contributed by atoms with van der Waals surface area (Å²) in [6.07, 6.45) is 15.2. The van der Waals surface area contributed by atoms with Crippen LogP contribution in [0.3, 0.4) is 0 Å². The molecule has 4 aliphatic carbocycles. The van der Waals surface area contributed by atoms with Gasteiger partial charge in [-0.25, -0.2) is 0 Å². The normalized spacial score (nSPS) is 51.5. The van der Waals surface area contributed by atoms with Crippen LogP contribution in [0.5, 0.6) is 0 Å². The van der Waals surface area contributed by atoms with E-state index in [1.54, 1.807) is 0 Å². The first-order valence-electron chi connectivity index (χ1n) is 11.9. The molecule has 2 heteroatoms. The highest BCUT2D eigenvalue weighted by atomic mass is 28.4. The van der Waals surface area contributed by atoms with Gasteiger partial charge < -0.3 is 4.43 Å². The van der Waals surface area contributed by atoms with Gasteiger partial charge in [0.25, 0.3) is 0 Å². The highest BCUT2D eigenvalue weighted by molar-refractivity contribution is 6.69. The van der Waals surface area contributed by atoms with E-state index < -0.39 is 8.32 Å². The molecule has 0 aliphatic heterocycles. The van der Waals surface area contributed by atoms with Gasteiger partial charge in [-0.15, -0.1) is 0 Å². The summed E-state index contributed by atoms with van der Waals surface area (Å²) in [5.74, 6) is 4.71. The minimum absolute atomic E-state index is 0.547. The monoisotopic (exact) mass is 376 g/mol. The van der Waals surface area contributed by atoms with Crippen molar-refractivity contribution in [3.05, 3.63) is 0 Å². The average molecular weight is 377 g/mol. The van der Waals surface area contributed by atoms with Crippen LogP contribution in [-0.2, 0) is 4.43 Å². The summed E-state index contributed by atoms with van der Waals surface area (Å²) in [6.45, 7) is 15.1. The molecule has 0 radical (unpaired) electrons. The van der Waals surface area contributed by atoms with E-state index in [-0.39, 0.29) is 0 Å². The van der Waals surface area contributed by atoms with Crippen molar-refractivity contribution in [3.63, 3.8) is 0 Å². The number of rotatable bonds is 3. The Morgan fingerprint density at radius 2 is 1.69 bits per heavy atom. The van der Waals surface area contributed by atoms with Gasteiger partial charge in [0, 0.05) is 6.10 Å². The molecular formula is C24H44OSi. The molecule has 0 N–H and O–H groups in total. The summed E-state index contributed by atoms with van der Waals surface area (Å²) in [6, 6.07) is 0. The lowest BCUT2D eigenvalue weighted by Crippen LogP contribution is -2.60. The van der Waals surface area contributed by atoms with E-state index >= 15 is 0 Å². The second kappa shape index (κ2) is 6.61. The van der Waals surface area contributed by atoms with Crippen molar-refractivity contribution in [2.45, 2.75) is 111 Å². The number of fused-ring (bicyclic) bond motifs is 5. The van der Waals surface area contributed by atoms with Crippen LogP contribution in [0, 0.1) is 40.4 Å². The van der Waals surface area contributed by atoms with Crippen molar-refractivity contribution in [2.75, 3.05) is 0 Å². The maximum absolute atomic E-state index is 7.07. The Morgan fingerprint density at radius 3 is 2.38 bits per heavy atom. The van der Waals surface area contributed by atoms with Crippen LogP contribution in [0.1, 0.15) is 85.0 Å². The fraction of sp³-hybridized carbons (Fsp3) is 1.00. The molecule has 0 aromatic heterocycles. The third-order valence-corrected chi connectivity index (χ3v) is 10.7. The van der Waals surface area contributed by atoms with Crippen LogP contribution in [0.15, 0.2) is 0 Å². The van der Waals surface area contributed by atoms with Crippen molar-refractivity contribution in [3.8, 4) is 0 Å². The third-order valence-electron chi connectivity index (χ3n) is 9.68. The predicted octanol–water partition coefficient (Wildman–Crippen LogP) is 7.28. The van der Waals surface area contributed by atoms with Gasteiger partial charge in [-0.05, 0) is 105 Å². The summed E-state index contributed by atoms with van der Waals surface area (Å²) in [5, 5.41) is 0. The van der Waals surface area contributed by atoms with Crippen LogP contribution in [0.25, 0.3) is 0 Å². The zero-order valence-corrected chi connectivity index (χ0v) is 19.4. The summed E-state index contributed by atoms with van der Waals surface area (Å²) in [4.78, 5) is 0. The van der Waals surface area contributed by atoms with E-state index in [1.807, 2.05) is 0 Å². The van der Waals surface area contributed by atoms with Gasteiger partial charge in [-0.2, -0.15) is 0 Å². The molecule has 4 aliphatic rings. The topological polar surface area (TPSA) is 9.23 Å². The van der Waals surface area contributed by atoms with E-state index in [2.05, 4.69) is 40.4 Å². The van der Waals surface area contributed by atoms with E-state index in [0.29, 0.717) is 16.9 Å². The van der Waals surface area contributed by atoms with Crippen molar-refractivity contribution in [2.24, 2.45) is 40.4 Å². The van der Waals surface area contributed by atoms with Crippen molar-refractivity contribution < 1.29 is 4.43 Å². The fourth-order valence-electron chi connectivity index (χ4n) is 8.72. The second-order valence-electron chi connectivity index (χ2n) is 12.0. The molecule has 4 rings (SSSR count). The number of hydrogen-bond acceptors (Lipinski definition) is 1. The number of hydrogen-bond donors (Lipinski definition) is 0. The molecule has 26 heavy (non-hydrogen) atoms. The van der Waals surface area contributed by atoms with Crippen molar-refractivity contribution in [1.82, 2.24) is 0 Å². The van der Waals surface area contributed by atoms with Crippen LogP contribution in [0.2, 0.25) is 19.6 Å². The largest absolute Gasteiger partial charge is 0.414 e. The molecule has 0 saturated heterocycles. The molecule has 4 fully saturated rings. The first-order chi connectivity index (χ1) is 12.2. The molecule has 0 aromatic rings. The molecule has 8 atom stereocenters.